The van der Waals surface area contributed by atoms with E-state index in [1.165, 1.54) is 23.4 Å². The maximum absolute atomic E-state index is 10.9. The van der Waals surface area contributed by atoms with Crippen LogP contribution in [0.25, 0.3) is 0 Å². The van der Waals surface area contributed by atoms with Gasteiger partial charge in [-0.1, -0.05) is 24.3 Å². The SMILES string of the molecule is O=C(O)c1ccnc(NC2CCc3ccccc3C2)n1. The third-order valence-corrected chi connectivity index (χ3v) is 3.55. The van der Waals surface area contributed by atoms with Crippen molar-refractivity contribution in [1.29, 1.82) is 0 Å². The Labute approximate surface area is 116 Å². The molecule has 1 aromatic heterocycles. The molecule has 0 radical (unpaired) electrons. The van der Waals surface area contributed by atoms with Crippen LogP contribution >= 0.6 is 0 Å². The fraction of sp³-hybridized carbons (Fsp3) is 0.267. The third kappa shape index (κ3) is 2.61. The standard InChI is InChI=1S/C15H15N3O2/c19-14(20)13-7-8-16-15(18-13)17-12-6-5-10-3-1-2-4-11(10)9-12/h1-4,7-8,12H,5-6,9H2,(H,19,20)(H,16,17,18). The highest BCUT2D eigenvalue weighted by molar-refractivity contribution is 5.85. The second-order valence-corrected chi connectivity index (χ2v) is 4.92. The van der Waals surface area contributed by atoms with Crippen molar-refractivity contribution in [3.05, 3.63) is 53.3 Å². The molecule has 1 aliphatic carbocycles. The van der Waals surface area contributed by atoms with E-state index in [-0.39, 0.29) is 11.7 Å². The monoisotopic (exact) mass is 269 g/mol. The molecule has 1 aromatic carbocycles. The highest BCUT2D eigenvalue weighted by Crippen LogP contribution is 2.22. The molecule has 0 spiro atoms. The van der Waals surface area contributed by atoms with Gasteiger partial charge in [-0.05, 0) is 36.5 Å². The summed E-state index contributed by atoms with van der Waals surface area (Å²) in [5, 5.41) is 12.2. The number of carbonyl (C=O) groups is 1. The van der Waals surface area contributed by atoms with Gasteiger partial charge in [0.2, 0.25) is 5.95 Å². The quantitative estimate of drug-likeness (QED) is 0.893. The lowest BCUT2D eigenvalue weighted by Crippen LogP contribution is -2.28. The van der Waals surface area contributed by atoms with E-state index in [9.17, 15) is 4.79 Å². The van der Waals surface area contributed by atoms with Gasteiger partial charge in [0.1, 0.15) is 0 Å². The number of rotatable bonds is 3. The van der Waals surface area contributed by atoms with Gasteiger partial charge in [-0.3, -0.25) is 0 Å². The zero-order chi connectivity index (χ0) is 13.9. The summed E-state index contributed by atoms with van der Waals surface area (Å²) < 4.78 is 0. The zero-order valence-corrected chi connectivity index (χ0v) is 10.9. The first-order valence-electron chi connectivity index (χ1n) is 6.62. The number of aromatic nitrogens is 2. The van der Waals surface area contributed by atoms with Gasteiger partial charge in [0, 0.05) is 12.2 Å². The van der Waals surface area contributed by atoms with Gasteiger partial charge < -0.3 is 10.4 Å². The van der Waals surface area contributed by atoms with Crippen LogP contribution in [0.3, 0.4) is 0 Å². The summed E-state index contributed by atoms with van der Waals surface area (Å²) in [6, 6.07) is 10.0. The predicted octanol–water partition coefficient (Wildman–Crippen LogP) is 2.14. The number of hydrogen-bond donors (Lipinski definition) is 2. The Balaban J connectivity index is 1.73. The molecule has 0 saturated heterocycles. The third-order valence-electron chi connectivity index (χ3n) is 3.55. The number of hydrogen-bond acceptors (Lipinski definition) is 4. The molecule has 1 unspecified atom stereocenters. The predicted molar refractivity (Wildman–Crippen MR) is 74.9 cm³/mol. The van der Waals surface area contributed by atoms with Crippen molar-refractivity contribution >= 4 is 11.9 Å². The van der Waals surface area contributed by atoms with Crippen LogP contribution < -0.4 is 5.32 Å². The maximum Gasteiger partial charge on any atom is 0.354 e. The van der Waals surface area contributed by atoms with E-state index in [2.05, 4.69) is 33.5 Å². The lowest BCUT2D eigenvalue weighted by molar-refractivity contribution is 0.0690. The molecule has 0 fully saturated rings. The van der Waals surface area contributed by atoms with Gasteiger partial charge in [0.15, 0.2) is 5.69 Å². The summed E-state index contributed by atoms with van der Waals surface area (Å²) >= 11 is 0. The molecular formula is C15H15N3O2. The first kappa shape index (κ1) is 12.6. The molecule has 0 bridgehead atoms. The first-order chi connectivity index (χ1) is 9.72. The molecule has 0 aliphatic heterocycles. The van der Waals surface area contributed by atoms with E-state index in [4.69, 9.17) is 5.11 Å². The van der Waals surface area contributed by atoms with Gasteiger partial charge >= 0.3 is 5.97 Å². The molecule has 1 heterocycles. The van der Waals surface area contributed by atoms with Crippen molar-refractivity contribution in [3.63, 3.8) is 0 Å². The lowest BCUT2D eigenvalue weighted by atomic mass is 9.88. The maximum atomic E-state index is 10.9. The molecule has 1 atom stereocenters. The number of aromatic carboxylic acids is 1. The summed E-state index contributed by atoms with van der Waals surface area (Å²) in [5.74, 6) is -0.654. The van der Waals surface area contributed by atoms with Gasteiger partial charge in [-0.2, -0.15) is 0 Å². The van der Waals surface area contributed by atoms with E-state index in [1.54, 1.807) is 0 Å². The van der Waals surface area contributed by atoms with E-state index in [0.717, 1.165) is 19.3 Å². The Morgan fingerprint density at radius 3 is 2.85 bits per heavy atom. The molecule has 2 N–H and O–H groups in total. The minimum absolute atomic E-state index is 0.0127. The number of aryl methyl sites for hydroxylation is 1. The Morgan fingerprint density at radius 1 is 1.25 bits per heavy atom. The average molecular weight is 269 g/mol. The van der Waals surface area contributed by atoms with Crippen molar-refractivity contribution in [2.24, 2.45) is 0 Å². The smallest absolute Gasteiger partial charge is 0.354 e. The summed E-state index contributed by atoms with van der Waals surface area (Å²) in [5.41, 5.74) is 2.75. The molecule has 2 aromatic rings. The zero-order valence-electron chi connectivity index (χ0n) is 10.9. The molecule has 0 amide bonds. The average Bonchev–Trinajstić information content (AvgIpc) is 2.47. The first-order valence-corrected chi connectivity index (χ1v) is 6.62. The van der Waals surface area contributed by atoms with Gasteiger partial charge in [0.05, 0.1) is 0 Å². The molecule has 3 rings (SSSR count). The van der Waals surface area contributed by atoms with Gasteiger partial charge in [-0.15, -0.1) is 0 Å². The number of carboxylic acids is 1. The fourth-order valence-corrected chi connectivity index (χ4v) is 2.55. The summed E-state index contributed by atoms with van der Waals surface area (Å²) in [6.07, 6.45) is 4.40. The van der Waals surface area contributed by atoms with Crippen LogP contribution in [0.15, 0.2) is 36.5 Å². The topological polar surface area (TPSA) is 75.1 Å². The van der Waals surface area contributed by atoms with Crippen LogP contribution in [0.2, 0.25) is 0 Å². The van der Waals surface area contributed by atoms with Crippen LogP contribution in [-0.2, 0) is 12.8 Å². The molecule has 20 heavy (non-hydrogen) atoms. The van der Waals surface area contributed by atoms with Crippen LogP contribution in [0.4, 0.5) is 5.95 Å². The number of nitrogens with one attached hydrogen (secondary N) is 1. The number of carboxylic acid groups (broad SMARTS) is 1. The normalized spacial score (nSPS) is 17.3. The Kier molecular flexibility index (Phi) is 3.33. The molecule has 5 heteroatoms. The Bertz CT molecular complexity index is 643. The Morgan fingerprint density at radius 2 is 2.05 bits per heavy atom. The van der Waals surface area contributed by atoms with Crippen LogP contribution in [0, 0.1) is 0 Å². The van der Waals surface area contributed by atoms with Gasteiger partial charge in [0.25, 0.3) is 0 Å². The van der Waals surface area contributed by atoms with Crippen molar-refractivity contribution in [3.8, 4) is 0 Å². The van der Waals surface area contributed by atoms with E-state index >= 15 is 0 Å². The second kappa shape index (κ2) is 5.28. The molecule has 5 nitrogen and oxygen atoms in total. The van der Waals surface area contributed by atoms with Crippen molar-refractivity contribution in [2.75, 3.05) is 5.32 Å². The van der Waals surface area contributed by atoms with Crippen molar-refractivity contribution in [1.82, 2.24) is 9.97 Å². The summed E-state index contributed by atoms with van der Waals surface area (Å²) in [7, 11) is 0. The molecule has 0 saturated carbocycles. The van der Waals surface area contributed by atoms with E-state index < -0.39 is 5.97 Å². The van der Waals surface area contributed by atoms with Crippen LogP contribution in [0.1, 0.15) is 28.0 Å². The Hall–Kier alpha value is -2.43. The highest BCUT2D eigenvalue weighted by Gasteiger charge is 2.19. The minimum Gasteiger partial charge on any atom is -0.477 e. The van der Waals surface area contributed by atoms with E-state index in [1.807, 2.05) is 6.07 Å². The minimum atomic E-state index is -1.04. The summed E-state index contributed by atoms with van der Waals surface area (Å²) in [6.45, 7) is 0. The summed E-state index contributed by atoms with van der Waals surface area (Å²) in [4.78, 5) is 19.0. The van der Waals surface area contributed by atoms with Crippen molar-refractivity contribution in [2.45, 2.75) is 25.3 Å². The molecular weight excluding hydrogens is 254 g/mol. The molecule has 1 aliphatic rings. The molecule has 102 valence electrons. The number of fused-ring (bicyclic) bond motifs is 1. The fourth-order valence-electron chi connectivity index (χ4n) is 2.55. The van der Waals surface area contributed by atoms with Gasteiger partial charge in [-0.25, -0.2) is 14.8 Å². The largest absolute Gasteiger partial charge is 0.477 e. The number of benzene rings is 1. The number of nitrogens with zero attached hydrogens (tertiary/aromatic N) is 2. The highest BCUT2D eigenvalue weighted by atomic mass is 16.4. The second-order valence-electron chi connectivity index (χ2n) is 4.92. The van der Waals surface area contributed by atoms with Crippen LogP contribution in [0.5, 0.6) is 0 Å². The number of anilines is 1. The van der Waals surface area contributed by atoms with Crippen molar-refractivity contribution < 1.29 is 9.90 Å². The lowest BCUT2D eigenvalue weighted by Gasteiger charge is -2.25. The van der Waals surface area contributed by atoms with Crippen LogP contribution in [-0.4, -0.2) is 27.1 Å². The van der Waals surface area contributed by atoms with E-state index in [0.29, 0.717) is 5.95 Å².